The number of β-amino-alcohol motifs (C(OH)–C–C–N with tert-alkyl or cyclic N) is 1. The van der Waals surface area contributed by atoms with Crippen LogP contribution in [0.1, 0.15) is 24.8 Å². The van der Waals surface area contributed by atoms with Gasteiger partial charge in [-0.2, -0.15) is 0 Å². The van der Waals surface area contributed by atoms with Crippen LogP contribution in [-0.4, -0.2) is 33.9 Å². The minimum Gasteiger partial charge on any atom is -0.389 e. The molecule has 1 unspecified atom stereocenters. The maximum absolute atomic E-state index is 9.76. The maximum Gasteiger partial charge on any atom is 0.133 e. The SMILES string of the molecule is Cc1cc(CN2CCC(C)(O)C2)no1. The second-order valence-electron chi connectivity index (χ2n) is 4.39. The molecule has 14 heavy (non-hydrogen) atoms. The summed E-state index contributed by atoms with van der Waals surface area (Å²) in [4.78, 5) is 2.19. The number of hydrogen-bond donors (Lipinski definition) is 1. The first-order valence-corrected chi connectivity index (χ1v) is 4.92. The molecule has 1 fully saturated rings. The van der Waals surface area contributed by atoms with Gasteiger partial charge in [0.25, 0.3) is 0 Å². The van der Waals surface area contributed by atoms with Crippen LogP contribution in [0.4, 0.5) is 0 Å². The lowest BCUT2D eigenvalue weighted by Crippen LogP contribution is -2.29. The van der Waals surface area contributed by atoms with E-state index in [-0.39, 0.29) is 0 Å². The third-order valence-electron chi connectivity index (χ3n) is 2.59. The number of rotatable bonds is 2. The molecule has 1 aliphatic heterocycles. The Morgan fingerprint density at radius 1 is 1.71 bits per heavy atom. The van der Waals surface area contributed by atoms with E-state index >= 15 is 0 Å². The molecule has 0 radical (unpaired) electrons. The molecule has 1 atom stereocenters. The zero-order valence-corrected chi connectivity index (χ0v) is 8.66. The second kappa shape index (κ2) is 3.37. The Hall–Kier alpha value is -0.870. The Morgan fingerprint density at radius 3 is 3.00 bits per heavy atom. The fraction of sp³-hybridized carbons (Fsp3) is 0.700. The van der Waals surface area contributed by atoms with Gasteiger partial charge >= 0.3 is 0 Å². The van der Waals surface area contributed by atoms with Gasteiger partial charge in [-0.15, -0.1) is 0 Å². The summed E-state index contributed by atoms with van der Waals surface area (Å²) >= 11 is 0. The minimum absolute atomic E-state index is 0.529. The Labute approximate surface area is 83.5 Å². The Kier molecular flexibility index (Phi) is 2.33. The molecule has 0 spiro atoms. The summed E-state index contributed by atoms with van der Waals surface area (Å²) in [6.07, 6.45) is 0.837. The van der Waals surface area contributed by atoms with Crippen LogP contribution >= 0.6 is 0 Å². The molecule has 4 heteroatoms. The van der Waals surface area contributed by atoms with E-state index < -0.39 is 5.60 Å². The maximum atomic E-state index is 9.76. The van der Waals surface area contributed by atoms with Crippen molar-refractivity contribution in [3.63, 3.8) is 0 Å². The van der Waals surface area contributed by atoms with E-state index in [1.807, 2.05) is 19.9 Å². The molecular formula is C10H16N2O2. The Bertz CT molecular complexity index is 320. The van der Waals surface area contributed by atoms with Crippen molar-refractivity contribution in [1.82, 2.24) is 10.1 Å². The lowest BCUT2D eigenvalue weighted by molar-refractivity contribution is 0.0676. The van der Waals surface area contributed by atoms with Gasteiger partial charge in [-0.1, -0.05) is 5.16 Å². The zero-order valence-electron chi connectivity index (χ0n) is 8.66. The van der Waals surface area contributed by atoms with Crippen molar-refractivity contribution in [2.45, 2.75) is 32.4 Å². The first kappa shape index (κ1) is 9.68. The Balaban J connectivity index is 1.94. The quantitative estimate of drug-likeness (QED) is 0.764. The third kappa shape index (κ3) is 2.13. The van der Waals surface area contributed by atoms with Crippen LogP contribution in [0, 0.1) is 6.92 Å². The van der Waals surface area contributed by atoms with Crippen LogP contribution in [0.5, 0.6) is 0 Å². The Morgan fingerprint density at radius 2 is 2.50 bits per heavy atom. The zero-order chi connectivity index (χ0) is 10.2. The summed E-state index contributed by atoms with van der Waals surface area (Å²) < 4.78 is 4.99. The van der Waals surface area contributed by atoms with Crippen LogP contribution in [0.15, 0.2) is 10.6 Å². The van der Waals surface area contributed by atoms with Crippen molar-refractivity contribution in [3.05, 3.63) is 17.5 Å². The van der Waals surface area contributed by atoms with E-state index in [0.717, 1.165) is 37.5 Å². The monoisotopic (exact) mass is 196 g/mol. The summed E-state index contributed by atoms with van der Waals surface area (Å²) in [5, 5.41) is 13.7. The summed E-state index contributed by atoms with van der Waals surface area (Å²) in [5.74, 6) is 0.839. The molecule has 2 rings (SSSR count). The molecule has 78 valence electrons. The van der Waals surface area contributed by atoms with Gasteiger partial charge in [0.2, 0.25) is 0 Å². The topological polar surface area (TPSA) is 49.5 Å². The highest BCUT2D eigenvalue weighted by molar-refractivity contribution is 5.04. The number of aromatic nitrogens is 1. The van der Waals surface area contributed by atoms with E-state index in [0.29, 0.717) is 0 Å². The molecule has 0 aliphatic carbocycles. The smallest absolute Gasteiger partial charge is 0.133 e. The van der Waals surface area contributed by atoms with E-state index in [2.05, 4.69) is 10.1 Å². The van der Waals surface area contributed by atoms with Crippen LogP contribution in [0.3, 0.4) is 0 Å². The molecule has 4 nitrogen and oxygen atoms in total. The summed E-state index contributed by atoms with van der Waals surface area (Å²) in [6.45, 7) is 6.18. The van der Waals surface area contributed by atoms with Crippen molar-refractivity contribution in [2.24, 2.45) is 0 Å². The largest absolute Gasteiger partial charge is 0.389 e. The van der Waals surface area contributed by atoms with Crippen molar-refractivity contribution in [1.29, 1.82) is 0 Å². The number of aryl methyl sites for hydroxylation is 1. The van der Waals surface area contributed by atoms with Crippen LogP contribution in [0.25, 0.3) is 0 Å². The summed E-state index contributed by atoms with van der Waals surface area (Å²) in [5.41, 5.74) is 0.416. The van der Waals surface area contributed by atoms with Crippen LogP contribution < -0.4 is 0 Å². The minimum atomic E-state index is -0.529. The van der Waals surface area contributed by atoms with E-state index in [1.165, 1.54) is 0 Å². The molecule has 1 saturated heterocycles. The van der Waals surface area contributed by atoms with E-state index in [9.17, 15) is 5.11 Å². The van der Waals surface area contributed by atoms with Gasteiger partial charge in [-0.25, -0.2) is 0 Å². The molecule has 2 heterocycles. The molecule has 0 aromatic carbocycles. The van der Waals surface area contributed by atoms with Crippen molar-refractivity contribution in [2.75, 3.05) is 13.1 Å². The van der Waals surface area contributed by atoms with Gasteiger partial charge in [0.1, 0.15) is 5.76 Å². The van der Waals surface area contributed by atoms with Crippen molar-refractivity contribution in [3.8, 4) is 0 Å². The molecule has 1 aromatic rings. The second-order valence-corrected chi connectivity index (χ2v) is 4.39. The molecule has 1 aliphatic rings. The third-order valence-corrected chi connectivity index (χ3v) is 2.59. The summed E-state index contributed by atoms with van der Waals surface area (Å²) in [6, 6.07) is 1.94. The predicted octanol–water partition coefficient (Wildman–Crippen LogP) is 0.940. The number of nitrogens with zero attached hydrogens (tertiary/aromatic N) is 2. The first-order valence-electron chi connectivity index (χ1n) is 4.92. The fourth-order valence-electron chi connectivity index (χ4n) is 1.90. The number of hydrogen-bond acceptors (Lipinski definition) is 4. The predicted molar refractivity (Wildman–Crippen MR) is 51.8 cm³/mol. The first-order chi connectivity index (χ1) is 6.55. The number of aliphatic hydroxyl groups is 1. The van der Waals surface area contributed by atoms with Crippen molar-refractivity contribution >= 4 is 0 Å². The van der Waals surface area contributed by atoms with Crippen molar-refractivity contribution < 1.29 is 9.63 Å². The normalized spacial score (nSPS) is 28.5. The molecule has 1 N–H and O–H groups in total. The van der Waals surface area contributed by atoms with Crippen LogP contribution in [-0.2, 0) is 6.54 Å². The van der Waals surface area contributed by atoms with Gasteiger partial charge < -0.3 is 9.63 Å². The van der Waals surface area contributed by atoms with Gasteiger partial charge in [-0.3, -0.25) is 4.90 Å². The van der Waals surface area contributed by atoms with E-state index in [1.54, 1.807) is 0 Å². The highest BCUT2D eigenvalue weighted by atomic mass is 16.5. The van der Waals surface area contributed by atoms with Crippen LogP contribution in [0.2, 0.25) is 0 Å². The average molecular weight is 196 g/mol. The summed E-state index contributed by atoms with van der Waals surface area (Å²) in [7, 11) is 0. The molecular weight excluding hydrogens is 180 g/mol. The lowest BCUT2D eigenvalue weighted by Gasteiger charge is -2.17. The fourth-order valence-corrected chi connectivity index (χ4v) is 1.90. The average Bonchev–Trinajstić information content (AvgIpc) is 2.59. The van der Waals surface area contributed by atoms with E-state index in [4.69, 9.17) is 4.52 Å². The van der Waals surface area contributed by atoms with Gasteiger partial charge in [0, 0.05) is 25.7 Å². The standard InChI is InChI=1S/C10H16N2O2/c1-8-5-9(11-14-8)6-12-4-3-10(2,13)7-12/h5,13H,3-4,6-7H2,1-2H3. The highest BCUT2D eigenvalue weighted by Gasteiger charge is 2.31. The molecule has 0 amide bonds. The lowest BCUT2D eigenvalue weighted by atomic mass is 10.1. The highest BCUT2D eigenvalue weighted by Crippen LogP contribution is 2.21. The molecule has 1 aromatic heterocycles. The van der Waals surface area contributed by atoms with Gasteiger partial charge in [0.05, 0.1) is 11.3 Å². The molecule has 0 saturated carbocycles. The molecule has 0 bridgehead atoms. The number of likely N-dealkylation sites (tertiary alicyclic amines) is 1. The van der Waals surface area contributed by atoms with Gasteiger partial charge in [0.15, 0.2) is 0 Å². The van der Waals surface area contributed by atoms with Gasteiger partial charge in [-0.05, 0) is 20.3 Å².